The van der Waals surface area contributed by atoms with Crippen LogP contribution in [0.1, 0.15) is 43.7 Å². The van der Waals surface area contributed by atoms with Gasteiger partial charge in [-0.1, -0.05) is 11.6 Å². The summed E-state index contributed by atoms with van der Waals surface area (Å²) in [5.41, 5.74) is 4.37. The third-order valence-corrected chi connectivity index (χ3v) is 5.96. The third kappa shape index (κ3) is 2.86. The summed E-state index contributed by atoms with van der Waals surface area (Å²) in [6.07, 6.45) is 5.85. The van der Waals surface area contributed by atoms with Gasteiger partial charge in [-0.15, -0.1) is 0 Å². The van der Waals surface area contributed by atoms with E-state index in [1.54, 1.807) is 0 Å². The van der Waals surface area contributed by atoms with Crippen molar-refractivity contribution in [3.05, 3.63) is 32.4 Å². The second-order valence-electron chi connectivity index (χ2n) is 5.95. The van der Waals surface area contributed by atoms with E-state index in [1.807, 2.05) is 12.1 Å². The van der Waals surface area contributed by atoms with Crippen molar-refractivity contribution in [2.45, 2.75) is 43.7 Å². The highest BCUT2D eigenvalue weighted by Gasteiger charge is 2.44. The van der Waals surface area contributed by atoms with Crippen LogP contribution in [0.3, 0.4) is 0 Å². The molecule has 110 valence electrons. The zero-order valence-corrected chi connectivity index (χ0v) is 14.3. The third-order valence-electron chi connectivity index (χ3n) is 4.74. The van der Waals surface area contributed by atoms with E-state index < -0.39 is 0 Å². The van der Waals surface area contributed by atoms with Crippen LogP contribution in [0, 0.1) is 9.49 Å². The van der Waals surface area contributed by atoms with Gasteiger partial charge in [0.1, 0.15) is 0 Å². The molecule has 0 bridgehead atoms. The summed E-state index contributed by atoms with van der Waals surface area (Å²) in [6.45, 7) is 0.847. The summed E-state index contributed by atoms with van der Waals surface area (Å²) in [4.78, 5) is 0. The van der Waals surface area contributed by atoms with Crippen LogP contribution in [-0.2, 0) is 4.74 Å². The fraction of sp³-hybridized carbons (Fsp3) is 0.600. The van der Waals surface area contributed by atoms with E-state index in [-0.39, 0.29) is 11.6 Å². The molecule has 1 saturated heterocycles. The summed E-state index contributed by atoms with van der Waals surface area (Å²) in [6, 6.07) is 6.18. The molecule has 1 heterocycles. The monoisotopic (exact) mass is 406 g/mol. The van der Waals surface area contributed by atoms with Crippen LogP contribution in [-0.4, -0.2) is 12.2 Å². The molecule has 20 heavy (non-hydrogen) atoms. The lowest BCUT2D eigenvalue weighted by Crippen LogP contribution is -2.48. The van der Waals surface area contributed by atoms with E-state index in [0.717, 1.165) is 24.5 Å². The predicted octanol–water partition coefficient (Wildman–Crippen LogP) is 3.80. The van der Waals surface area contributed by atoms with Gasteiger partial charge in [-0.2, -0.15) is 0 Å². The van der Waals surface area contributed by atoms with Crippen molar-refractivity contribution < 1.29 is 4.74 Å². The molecule has 3 nitrogen and oxygen atoms in total. The van der Waals surface area contributed by atoms with Crippen molar-refractivity contribution in [2.24, 2.45) is 11.8 Å². The van der Waals surface area contributed by atoms with Gasteiger partial charge in [-0.3, -0.25) is 11.3 Å². The first-order valence-electron chi connectivity index (χ1n) is 7.19. The first-order chi connectivity index (χ1) is 9.63. The number of hydrazine groups is 1. The number of hydrogen-bond donors (Lipinski definition) is 2. The average Bonchev–Trinajstić information content (AvgIpc) is 2.42. The fourth-order valence-electron chi connectivity index (χ4n) is 3.50. The van der Waals surface area contributed by atoms with Gasteiger partial charge in [0.25, 0.3) is 0 Å². The fourth-order valence-corrected chi connectivity index (χ4v) is 4.35. The number of hydrogen-bond acceptors (Lipinski definition) is 3. The molecule has 0 radical (unpaired) electrons. The minimum absolute atomic E-state index is 0.141. The van der Waals surface area contributed by atoms with Gasteiger partial charge in [0.2, 0.25) is 0 Å². The smallest absolute Gasteiger partial charge is 0.0686 e. The van der Waals surface area contributed by atoms with Crippen LogP contribution < -0.4 is 11.3 Å². The zero-order chi connectivity index (χ0) is 14.2. The molecule has 1 saturated carbocycles. The molecule has 1 spiro atoms. The molecule has 3 N–H and O–H groups in total. The van der Waals surface area contributed by atoms with Crippen molar-refractivity contribution in [2.75, 3.05) is 6.61 Å². The number of rotatable bonds is 3. The molecule has 0 amide bonds. The van der Waals surface area contributed by atoms with E-state index in [4.69, 9.17) is 22.2 Å². The lowest BCUT2D eigenvalue weighted by atomic mass is 9.70. The summed E-state index contributed by atoms with van der Waals surface area (Å²) in [5, 5.41) is 0.770. The first-order valence-corrected chi connectivity index (χ1v) is 8.64. The van der Waals surface area contributed by atoms with Crippen LogP contribution in [0.2, 0.25) is 5.02 Å². The molecule has 3 rings (SSSR count). The Kier molecular flexibility index (Phi) is 4.57. The Balaban J connectivity index is 1.83. The van der Waals surface area contributed by atoms with Crippen molar-refractivity contribution >= 4 is 34.2 Å². The Hall–Kier alpha value is 0.120. The van der Waals surface area contributed by atoms with Gasteiger partial charge in [0, 0.05) is 15.2 Å². The molecule has 1 aromatic carbocycles. The molecule has 1 aliphatic heterocycles. The minimum Gasteiger partial charge on any atom is -0.375 e. The maximum Gasteiger partial charge on any atom is 0.0686 e. The van der Waals surface area contributed by atoms with E-state index in [2.05, 4.69) is 34.1 Å². The van der Waals surface area contributed by atoms with Crippen molar-refractivity contribution in [3.8, 4) is 0 Å². The topological polar surface area (TPSA) is 47.3 Å². The molecule has 2 atom stereocenters. The summed E-state index contributed by atoms with van der Waals surface area (Å²) in [5.74, 6) is 6.38. The Morgan fingerprint density at radius 1 is 1.45 bits per heavy atom. The Morgan fingerprint density at radius 2 is 2.25 bits per heavy atom. The molecule has 5 heteroatoms. The molecule has 1 aromatic rings. The maximum absolute atomic E-state index is 6.15. The van der Waals surface area contributed by atoms with E-state index in [9.17, 15) is 0 Å². The van der Waals surface area contributed by atoms with Gasteiger partial charge in [-0.05, 0) is 84.4 Å². The van der Waals surface area contributed by atoms with Crippen molar-refractivity contribution in [3.63, 3.8) is 0 Å². The van der Waals surface area contributed by atoms with Gasteiger partial charge in [0.05, 0.1) is 11.6 Å². The van der Waals surface area contributed by atoms with Crippen LogP contribution in [0.25, 0.3) is 0 Å². The molecular weight excluding hydrogens is 387 g/mol. The highest BCUT2D eigenvalue weighted by Crippen LogP contribution is 2.47. The van der Waals surface area contributed by atoms with Gasteiger partial charge in [-0.25, -0.2) is 0 Å². The van der Waals surface area contributed by atoms with Gasteiger partial charge >= 0.3 is 0 Å². The molecule has 2 aliphatic rings. The standard InChI is InChI=1S/C15H20ClIN2O/c16-11-2-3-13(17)12(8-11)14(19-18)10-4-7-20-15(9-10)5-1-6-15/h2-3,8,10,14,19H,1,4-7,9,18H2. The molecular formula is C15H20ClIN2O. The number of benzene rings is 1. The lowest BCUT2D eigenvalue weighted by Gasteiger charge is -2.48. The second kappa shape index (κ2) is 6.08. The van der Waals surface area contributed by atoms with Crippen molar-refractivity contribution in [1.29, 1.82) is 0 Å². The largest absolute Gasteiger partial charge is 0.375 e. The normalized spacial score (nSPS) is 26.2. The molecule has 0 aromatic heterocycles. The summed E-state index contributed by atoms with van der Waals surface area (Å²) < 4.78 is 7.23. The highest BCUT2D eigenvalue weighted by atomic mass is 127. The zero-order valence-electron chi connectivity index (χ0n) is 11.4. The maximum atomic E-state index is 6.15. The predicted molar refractivity (Wildman–Crippen MR) is 89.5 cm³/mol. The Bertz CT molecular complexity index is 493. The Morgan fingerprint density at radius 3 is 2.90 bits per heavy atom. The molecule has 2 unspecified atom stereocenters. The van der Waals surface area contributed by atoms with Crippen LogP contribution in [0.5, 0.6) is 0 Å². The van der Waals surface area contributed by atoms with Crippen LogP contribution >= 0.6 is 34.2 Å². The van der Waals surface area contributed by atoms with E-state index in [0.29, 0.717) is 5.92 Å². The number of nitrogens with one attached hydrogen (secondary N) is 1. The highest BCUT2D eigenvalue weighted by molar-refractivity contribution is 14.1. The lowest BCUT2D eigenvalue weighted by molar-refractivity contribution is -0.147. The second-order valence-corrected chi connectivity index (χ2v) is 7.55. The summed E-state index contributed by atoms with van der Waals surface area (Å²) in [7, 11) is 0. The SMILES string of the molecule is NNC(c1cc(Cl)ccc1I)C1CCOC2(CCC2)C1. The number of nitrogens with two attached hydrogens (primary N) is 1. The number of ether oxygens (including phenoxy) is 1. The average molecular weight is 407 g/mol. The first kappa shape index (κ1) is 15.0. The Labute approximate surface area is 138 Å². The van der Waals surface area contributed by atoms with Crippen molar-refractivity contribution in [1.82, 2.24) is 5.43 Å². The summed E-state index contributed by atoms with van der Waals surface area (Å²) >= 11 is 8.51. The number of halogens is 2. The van der Waals surface area contributed by atoms with E-state index >= 15 is 0 Å². The van der Waals surface area contributed by atoms with Crippen LogP contribution in [0.15, 0.2) is 18.2 Å². The van der Waals surface area contributed by atoms with Gasteiger partial charge < -0.3 is 4.74 Å². The van der Waals surface area contributed by atoms with Gasteiger partial charge in [0.15, 0.2) is 0 Å². The quantitative estimate of drug-likeness (QED) is 0.456. The van der Waals surface area contributed by atoms with E-state index in [1.165, 1.54) is 28.4 Å². The van der Waals surface area contributed by atoms with Crippen LogP contribution in [0.4, 0.5) is 0 Å². The molecule has 1 aliphatic carbocycles. The minimum atomic E-state index is 0.141. The molecule has 2 fully saturated rings.